The second-order valence-corrected chi connectivity index (χ2v) is 5.91. The molecule has 0 heterocycles. The van der Waals surface area contributed by atoms with Crippen LogP contribution in [0.15, 0.2) is 72.8 Å². The molecule has 126 valence electrons. The number of carbonyl (C=O) groups excluding carboxylic acids is 2. The molecule has 26 heavy (non-hydrogen) atoms. The summed E-state index contributed by atoms with van der Waals surface area (Å²) in [6, 6.07) is 23.1. The molecule has 0 aliphatic heterocycles. The fourth-order valence-electron chi connectivity index (χ4n) is 2.62. The molecule has 0 saturated carbocycles. The van der Waals surface area contributed by atoms with Crippen LogP contribution in [0.25, 0.3) is 24.3 Å². The van der Waals surface area contributed by atoms with Crippen molar-refractivity contribution in [2.24, 2.45) is 0 Å². The average Bonchev–Trinajstić information content (AvgIpc) is 2.71. The van der Waals surface area contributed by atoms with Gasteiger partial charge < -0.3 is 0 Å². The molecule has 0 N–H and O–H groups in total. The largest absolute Gasteiger partial charge is 0.298 e. The summed E-state index contributed by atoms with van der Waals surface area (Å²) in [5, 5.41) is 0. The van der Waals surface area contributed by atoms with Gasteiger partial charge in [-0.25, -0.2) is 0 Å². The monoisotopic (exact) mass is 338 g/mol. The Bertz CT molecular complexity index is 904. The van der Waals surface area contributed by atoms with E-state index in [0.29, 0.717) is 11.1 Å². The molecule has 2 heteroatoms. The van der Waals surface area contributed by atoms with Crippen LogP contribution >= 0.6 is 0 Å². The lowest BCUT2D eigenvalue weighted by Crippen LogP contribution is -1.81. The van der Waals surface area contributed by atoms with Crippen molar-refractivity contribution in [3.63, 3.8) is 0 Å². The first-order valence-corrected chi connectivity index (χ1v) is 8.33. The van der Waals surface area contributed by atoms with Gasteiger partial charge in [0.25, 0.3) is 0 Å². The third kappa shape index (κ3) is 4.74. The Balaban J connectivity index is 1.77. The summed E-state index contributed by atoms with van der Waals surface area (Å²) in [7, 11) is 0. The molecule has 2 nitrogen and oxygen atoms in total. The number of aldehydes is 2. The smallest absolute Gasteiger partial charge is 0.150 e. The molecular formula is C24H18O2. The van der Waals surface area contributed by atoms with Crippen LogP contribution in [0.5, 0.6) is 0 Å². The summed E-state index contributed by atoms with van der Waals surface area (Å²) in [6.07, 6.45) is 9.72. The van der Waals surface area contributed by atoms with E-state index in [9.17, 15) is 9.59 Å². The minimum atomic E-state index is 0.668. The maximum Gasteiger partial charge on any atom is 0.150 e. The Morgan fingerprint density at radius 1 is 0.423 bits per heavy atom. The third-order valence-corrected chi connectivity index (χ3v) is 3.94. The van der Waals surface area contributed by atoms with E-state index in [1.807, 2.05) is 78.9 Å². The quantitative estimate of drug-likeness (QED) is 0.430. The molecular weight excluding hydrogens is 320 g/mol. The molecule has 0 aliphatic rings. The van der Waals surface area contributed by atoms with Crippen molar-refractivity contribution in [1.29, 1.82) is 0 Å². The van der Waals surface area contributed by atoms with Crippen LogP contribution in [0.1, 0.15) is 43.0 Å². The average molecular weight is 338 g/mol. The molecule has 3 aromatic rings. The van der Waals surface area contributed by atoms with Crippen molar-refractivity contribution in [2.75, 3.05) is 0 Å². The van der Waals surface area contributed by atoms with E-state index < -0.39 is 0 Å². The van der Waals surface area contributed by atoms with Crippen molar-refractivity contribution >= 4 is 36.9 Å². The lowest BCUT2D eigenvalue weighted by Gasteiger charge is -1.99. The van der Waals surface area contributed by atoms with Crippen molar-refractivity contribution in [3.05, 3.63) is 106 Å². The molecule has 3 rings (SSSR count). The van der Waals surface area contributed by atoms with Crippen molar-refractivity contribution in [3.8, 4) is 0 Å². The molecule has 0 radical (unpaired) electrons. The van der Waals surface area contributed by atoms with Gasteiger partial charge in [-0.1, -0.05) is 78.9 Å². The highest BCUT2D eigenvalue weighted by atomic mass is 16.1. The Morgan fingerprint density at radius 2 is 0.692 bits per heavy atom. The predicted octanol–water partition coefficient (Wildman–Crippen LogP) is 5.65. The van der Waals surface area contributed by atoms with E-state index in [2.05, 4.69) is 6.07 Å². The Labute approximate surface area is 153 Å². The fourth-order valence-corrected chi connectivity index (χ4v) is 2.62. The molecule has 0 amide bonds. The Morgan fingerprint density at radius 3 is 1.00 bits per heavy atom. The number of rotatable bonds is 6. The number of hydrogen-bond donors (Lipinski definition) is 0. The van der Waals surface area contributed by atoms with E-state index >= 15 is 0 Å². The first-order valence-electron chi connectivity index (χ1n) is 8.33. The van der Waals surface area contributed by atoms with Gasteiger partial charge in [-0.2, -0.15) is 0 Å². The second-order valence-electron chi connectivity index (χ2n) is 5.91. The highest BCUT2D eigenvalue weighted by Gasteiger charge is 1.94. The molecule has 0 aliphatic carbocycles. The van der Waals surface area contributed by atoms with Gasteiger partial charge in [-0.15, -0.1) is 0 Å². The van der Waals surface area contributed by atoms with Gasteiger partial charge >= 0.3 is 0 Å². The van der Waals surface area contributed by atoms with Crippen molar-refractivity contribution in [2.45, 2.75) is 0 Å². The molecule has 0 aromatic heterocycles. The third-order valence-electron chi connectivity index (χ3n) is 3.94. The van der Waals surface area contributed by atoms with Crippen LogP contribution in [0.4, 0.5) is 0 Å². The molecule has 0 atom stereocenters. The minimum absolute atomic E-state index is 0.668. The molecule has 0 spiro atoms. The summed E-state index contributed by atoms with van der Waals surface area (Å²) in [5.41, 5.74) is 5.46. The van der Waals surface area contributed by atoms with Crippen LogP contribution < -0.4 is 0 Å². The van der Waals surface area contributed by atoms with E-state index in [4.69, 9.17) is 0 Å². The second kappa shape index (κ2) is 8.54. The predicted molar refractivity (Wildman–Crippen MR) is 108 cm³/mol. The van der Waals surface area contributed by atoms with Crippen LogP contribution in [0.2, 0.25) is 0 Å². The van der Waals surface area contributed by atoms with Crippen molar-refractivity contribution in [1.82, 2.24) is 0 Å². The van der Waals surface area contributed by atoms with Crippen molar-refractivity contribution < 1.29 is 9.59 Å². The summed E-state index contributed by atoms with van der Waals surface area (Å²) in [4.78, 5) is 21.7. The van der Waals surface area contributed by atoms with Crippen LogP contribution in [0, 0.1) is 0 Å². The van der Waals surface area contributed by atoms with E-state index in [0.717, 1.165) is 34.8 Å². The topological polar surface area (TPSA) is 34.1 Å². The number of carbonyl (C=O) groups is 2. The van der Waals surface area contributed by atoms with Crippen LogP contribution in [-0.2, 0) is 0 Å². The number of hydrogen-bond acceptors (Lipinski definition) is 2. The lowest BCUT2D eigenvalue weighted by molar-refractivity contribution is 0.111. The maximum absolute atomic E-state index is 10.9. The summed E-state index contributed by atoms with van der Waals surface area (Å²) in [6.45, 7) is 0. The Kier molecular flexibility index (Phi) is 5.69. The zero-order valence-electron chi connectivity index (χ0n) is 14.2. The fraction of sp³-hybridized carbons (Fsp3) is 0. The zero-order chi connectivity index (χ0) is 18.2. The van der Waals surface area contributed by atoms with Gasteiger partial charge in [0.1, 0.15) is 12.6 Å². The summed E-state index contributed by atoms with van der Waals surface area (Å²) in [5.74, 6) is 0. The van der Waals surface area contributed by atoms with Crippen LogP contribution in [-0.4, -0.2) is 12.6 Å². The van der Waals surface area contributed by atoms with Gasteiger partial charge in [0.05, 0.1) is 0 Å². The van der Waals surface area contributed by atoms with Gasteiger partial charge in [0, 0.05) is 11.1 Å². The molecule has 0 unspecified atom stereocenters. The van der Waals surface area contributed by atoms with Gasteiger partial charge in [0.15, 0.2) is 0 Å². The normalized spacial score (nSPS) is 11.1. The van der Waals surface area contributed by atoms with E-state index in [1.54, 1.807) is 12.1 Å². The zero-order valence-corrected chi connectivity index (χ0v) is 14.2. The van der Waals surface area contributed by atoms with Gasteiger partial charge in [-0.05, 0) is 40.5 Å². The molecule has 0 saturated heterocycles. The summed E-state index contributed by atoms with van der Waals surface area (Å²) >= 11 is 0. The standard InChI is InChI=1S/C24H18O2/c25-17-23-8-2-6-21(15-23)12-10-19-4-1-5-20(14-19)11-13-22-7-3-9-24(16-22)18-26/h1-18H/b12-10-,13-11-. The minimum Gasteiger partial charge on any atom is -0.298 e. The number of benzene rings is 3. The molecule has 3 aromatic carbocycles. The Hall–Kier alpha value is -3.52. The van der Waals surface area contributed by atoms with Gasteiger partial charge in [0.2, 0.25) is 0 Å². The lowest BCUT2D eigenvalue weighted by atomic mass is 10.1. The highest BCUT2D eigenvalue weighted by Crippen LogP contribution is 2.14. The maximum atomic E-state index is 10.9. The molecule has 0 fully saturated rings. The van der Waals surface area contributed by atoms with Crippen LogP contribution in [0.3, 0.4) is 0 Å². The first kappa shape index (κ1) is 17.3. The first-order chi connectivity index (χ1) is 12.8. The highest BCUT2D eigenvalue weighted by molar-refractivity contribution is 5.80. The SMILES string of the molecule is O=Cc1cccc(/C=C\c2cccc(/C=C\c3cccc(C=O)c3)c2)c1. The van der Waals surface area contributed by atoms with E-state index in [1.165, 1.54) is 0 Å². The van der Waals surface area contributed by atoms with E-state index in [-0.39, 0.29) is 0 Å². The van der Waals surface area contributed by atoms with Gasteiger partial charge in [-0.3, -0.25) is 9.59 Å². The summed E-state index contributed by atoms with van der Waals surface area (Å²) < 4.78 is 0. The molecule has 0 bridgehead atoms.